The quantitative estimate of drug-likeness (QED) is 0.842. The lowest BCUT2D eigenvalue weighted by Crippen LogP contribution is -2.16. The first kappa shape index (κ1) is 11.5. The summed E-state index contributed by atoms with van der Waals surface area (Å²) >= 11 is 3.46. The molecule has 2 aliphatic rings. The molecule has 2 fully saturated rings. The first-order chi connectivity index (χ1) is 8.31. The fraction of sp³-hybridized carbons (Fsp3) is 0.692. The highest BCUT2D eigenvalue weighted by Crippen LogP contribution is 2.38. The molecule has 1 N–H and O–H groups in total. The minimum absolute atomic E-state index is 0.611. The number of aromatic nitrogens is 2. The lowest BCUT2D eigenvalue weighted by molar-refractivity contribution is 0.303. The first-order valence-corrected chi connectivity index (χ1v) is 7.39. The molecule has 4 heteroatoms. The van der Waals surface area contributed by atoms with E-state index in [4.69, 9.17) is 0 Å². The molecule has 0 unspecified atom stereocenters. The highest BCUT2D eigenvalue weighted by molar-refractivity contribution is 9.10. The van der Waals surface area contributed by atoms with Gasteiger partial charge in [-0.15, -0.1) is 0 Å². The monoisotopic (exact) mass is 295 g/mol. The van der Waals surface area contributed by atoms with Gasteiger partial charge in [-0.05, 0) is 41.1 Å². The smallest absolute Gasteiger partial charge is 0.135 e. The maximum atomic E-state index is 4.58. The SMILES string of the molecule is Brc1cc(NCCC2CCC2)nc(C2CC2)n1. The summed E-state index contributed by atoms with van der Waals surface area (Å²) in [6.07, 6.45) is 8.04. The number of nitrogens with one attached hydrogen (secondary N) is 1. The molecule has 2 aliphatic carbocycles. The Morgan fingerprint density at radius 3 is 2.71 bits per heavy atom. The van der Waals surface area contributed by atoms with Gasteiger partial charge in [-0.25, -0.2) is 9.97 Å². The number of anilines is 1. The van der Waals surface area contributed by atoms with Crippen molar-refractivity contribution in [3.8, 4) is 0 Å². The lowest BCUT2D eigenvalue weighted by Gasteiger charge is -2.25. The van der Waals surface area contributed by atoms with Gasteiger partial charge in [0.25, 0.3) is 0 Å². The van der Waals surface area contributed by atoms with E-state index in [1.165, 1.54) is 38.5 Å². The Kier molecular flexibility index (Phi) is 3.32. The van der Waals surface area contributed by atoms with Gasteiger partial charge in [0.05, 0.1) is 0 Å². The zero-order chi connectivity index (χ0) is 11.7. The van der Waals surface area contributed by atoms with Crippen molar-refractivity contribution in [3.05, 3.63) is 16.5 Å². The largest absolute Gasteiger partial charge is 0.370 e. The van der Waals surface area contributed by atoms with Crippen molar-refractivity contribution in [2.24, 2.45) is 5.92 Å². The molecule has 0 bridgehead atoms. The predicted molar refractivity (Wildman–Crippen MR) is 72.2 cm³/mol. The maximum Gasteiger partial charge on any atom is 0.135 e. The molecule has 1 aromatic rings. The molecular formula is C13H18BrN3. The summed E-state index contributed by atoms with van der Waals surface area (Å²) in [5, 5.41) is 3.43. The second kappa shape index (κ2) is 4.92. The summed E-state index contributed by atoms with van der Waals surface area (Å²) in [7, 11) is 0. The average molecular weight is 296 g/mol. The number of hydrogen-bond acceptors (Lipinski definition) is 3. The topological polar surface area (TPSA) is 37.8 Å². The molecule has 0 amide bonds. The molecule has 3 rings (SSSR count). The van der Waals surface area contributed by atoms with E-state index in [-0.39, 0.29) is 0 Å². The van der Waals surface area contributed by atoms with Crippen molar-refractivity contribution in [2.75, 3.05) is 11.9 Å². The molecular weight excluding hydrogens is 278 g/mol. The van der Waals surface area contributed by atoms with Gasteiger partial charge >= 0.3 is 0 Å². The molecule has 3 nitrogen and oxygen atoms in total. The Morgan fingerprint density at radius 1 is 1.24 bits per heavy atom. The summed E-state index contributed by atoms with van der Waals surface area (Å²) < 4.78 is 0.903. The van der Waals surface area contributed by atoms with E-state index in [1.807, 2.05) is 6.07 Å². The average Bonchev–Trinajstić information content (AvgIpc) is 3.04. The first-order valence-electron chi connectivity index (χ1n) is 6.59. The highest BCUT2D eigenvalue weighted by Gasteiger charge is 2.27. The molecule has 17 heavy (non-hydrogen) atoms. The van der Waals surface area contributed by atoms with Crippen LogP contribution in [0.2, 0.25) is 0 Å². The van der Waals surface area contributed by atoms with Gasteiger partial charge < -0.3 is 5.32 Å². The summed E-state index contributed by atoms with van der Waals surface area (Å²) in [6.45, 7) is 1.04. The van der Waals surface area contributed by atoms with E-state index >= 15 is 0 Å². The number of hydrogen-bond donors (Lipinski definition) is 1. The second-order valence-electron chi connectivity index (χ2n) is 5.22. The van der Waals surface area contributed by atoms with Gasteiger partial charge in [0, 0.05) is 18.5 Å². The minimum atomic E-state index is 0.611. The van der Waals surface area contributed by atoms with Crippen LogP contribution in [0.3, 0.4) is 0 Å². The van der Waals surface area contributed by atoms with Crippen molar-refractivity contribution in [1.82, 2.24) is 9.97 Å². The van der Waals surface area contributed by atoms with Crippen LogP contribution in [0.25, 0.3) is 0 Å². The van der Waals surface area contributed by atoms with E-state index in [9.17, 15) is 0 Å². The van der Waals surface area contributed by atoms with Gasteiger partial charge in [-0.2, -0.15) is 0 Å². The van der Waals surface area contributed by atoms with Crippen LogP contribution in [-0.2, 0) is 0 Å². The van der Waals surface area contributed by atoms with Crippen molar-refractivity contribution in [2.45, 2.75) is 44.4 Å². The Morgan fingerprint density at radius 2 is 2.06 bits per heavy atom. The van der Waals surface area contributed by atoms with Crippen LogP contribution in [-0.4, -0.2) is 16.5 Å². The van der Waals surface area contributed by atoms with Crippen LogP contribution < -0.4 is 5.32 Å². The molecule has 1 aromatic heterocycles. The Hall–Kier alpha value is -0.640. The molecule has 2 saturated carbocycles. The molecule has 0 aromatic carbocycles. The van der Waals surface area contributed by atoms with E-state index in [0.29, 0.717) is 5.92 Å². The Balaban J connectivity index is 1.57. The van der Waals surface area contributed by atoms with Crippen LogP contribution in [0.1, 0.15) is 50.3 Å². The third-order valence-corrected chi connectivity index (χ3v) is 4.14. The zero-order valence-corrected chi connectivity index (χ0v) is 11.5. The van der Waals surface area contributed by atoms with Crippen molar-refractivity contribution < 1.29 is 0 Å². The highest BCUT2D eigenvalue weighted by atomic mass is 79.9. The molecule has 0 aliphatic heterocycles. The number of rotatable bonds is 5. The molecule has 0 spiro atoms. The molecule has 0 saturated heterocycles. The van der Waals surface area contributed by atoms with E-state index < -0.39 is 0 Å². The second-order valence-corrected chi connectivity index (χ2v) is 6.03. The number of nitrogens with zero attached hydrogens (tertiary/aromatic N) is 2. The van der Waals surface area contributed by atoms with Crippen LogP contribution in [0.5, 0.6) is 0 Å². The summed E-state index contributed by atoms with van der Waals surface area (Å²) in [4.78, 5) is 9.02. The maximum absolute atomic E-state index is 4.58. The van der Waals surface area contributed by atoms with E-state index in [2.05, 4.69) is 31.2 Å². The fourth-order valence-corrected chi connectivity index (χ4v) is 2.63. The van der Waals surface area contributed by atoms with Gasteiger partial charge in [-0.1, -0.05) is 19.3 Å². The molecule has 92 valence electrons. The van der Waals surface area contributed by atoms with Gasteiger partial charge in [-0.3, -0.25) is 0 Å². The standard InChI is InChI=1S/C13H18BrN3/c14-11-8-12(15-7-6-9-2-1-3-9)17-13(16-11)10-4-5-10/h8-10H,1-7H2,(H,15,16,17). The Bertz CT molecular complexity index is 400. The van der Waals surface area contributed by atoms with Crippen LogP contribution in [0, 0.1) is 5.92 Å². The van der Waals surface area contributed by atoms with Crippen molar-refractivity contribution in [3.63, 3.8) is 0 Å². The normalized spacial score (nSPS) is 20.1. The fourth-order valence-electron chi connectivity index (χ4n) is 2.24. The van der Waals surface area contributed by atoms with Crippen molar-refractivity contribution >= 4 is 21.7 Å². The van der Waals surface area contributed by atoms with Crippen LogP contribution in [0.15, 0.2) is 10.7 Å². The van der Waals surface area contributed by atoms with E-state index in [0.717, 1.165) is 28.7 Å². The zero-order valence-electron chi connectivity index (χ0n) is 9.95. The van der Waals surface area contributed by atoms with Crippen molar-refractivity contribution in [1.29, 1.82) is 0 Å². The molecule has 0 radical (unpaired) electrons. The predicted octanol–water partition coefficient (Wildman–Crippen LogP) is 3.72. The third kappa shape index (κ3) is 2.97. The van der Waals surface area contributed by atoms with Gasteiger partial charge in [0.2, 0.25) is 0 Å². The Labute approximate surface area is 111 Å². The molecule has 1 heterocycles. The van der Waals surface area contributed by atoms with Gasteiger partial charge in [0.15, 0.2) is 0 Å². The van der Waals surface area contributed by atoms with Gasteiger partial charge in [0.1, 0.15) is 16.2 Å². The summed E-state index contributed by atoms with van der Waals surface area (Å²) in [6, 6.07) is 1.98. The molecule has 0 atom stereocenters. The summed E-state index contributed by atoms with van der Waals surface area (Å²) in [5.74, 6) is 3.55. The minimum Gasteiger partial charge on any atom is -0.370 e. The van der Waals surface area contributed by atoms with E-state index in [1.54, 1.807) is 0 Å². The lowest BCUT2D eigenvalue weighted by atomic mass is 9.83. The number of halogens is 1. The summed E-state index contributed by atoms with van der Waals surface area (Å²) in [5.41, 5.74) is 0. The third-order valence-electron chi connectivity index (χ3n) is 3.74. The van der Waals surface area contributed by atoms with Crippen LogP contribution in [0.4, 0.5) is 5.82 Å². The van der Waals surface area contributed by atoms with Crippen LogP contribution >= 0.6 is 15.9 Å².